The van der Waals surface area contributed by atoms with Crippen LogP contribution in [0.3, 0.4) is 0 Å². The van der Waals surface area contributed by atoms with E-state index in [1.165, 1.54) is 10.9 Å². The van der Waals surface area contributed by atoms with Gasteiger partial charge in [0.2, 0.25) is 10.0 Å². The Morgan fingerprint density at radius 2 is 2.05 bits per heavy atom. The molecule has 120 valence electrons. The van der Waals surface area contributed by atoms with Crippen LogP contribution in [0.5, 0.6) is 0 Å². The smallest absolute Gasteiger partial charge is 0.312 e. The Morgan fingerprint density at radius 1 is 1.33 bits per heavy atom. The molecule has 0 amide bonds. The van der Waals surface area contributed by atoms with Gasteiger partial charge in [-0.3, -0.25) is 4.68 Å². The van der Waals surface area contributed by atoms with Crippen LogP contribution in [0.2, 0.25) is 0 Å². The number of halogens is 3. The molecule has 10 heteroatoms. The lowest BCUT2D eigenvalue weighted by Gasteiger charge is -2.07. The van der Waals surface area contributed by atoms with Crippen LogP contribution in [0.1, 0.15) is 19.3 Å². The summed E-state index contributed by atoms with van der Waals surface area (Å²) in [6, 6.07) is 0.549. The van der Waals surface area contributed by atoms with Gasteiger partial charge in [0, 0.05) is 25.3 Å². The van der Waals surface area contributed by atoms with E-state index in [0.29, 0.717) is 19.1 Å². The first-order valence-corrected chi connectivity index (χ1v) is 8.07. The van der Waals surface area contributed by atoms with E-state index >= 15 is 0 Å². The standard InChI is InChI=1S/C11H17F3N4O2S/c12-11(13,14)3-4-17-21(19,20)10-7-16-18(8-10)6-5-15-9-1-2-9/h7-9,15,17H,1-6H2. The number of sulfonamides is 1. The third-order valence-corrected chi connectivity index (χ3v) is 4.39. The summed E-state index contributed by atoms with van der Waals surface area (Å²) in [4.78, 5) is -0.129. The van der Waals surface area contributed by atoms with E-state index < -0.39 is 29.2 Å². The molecule has 0 radical (unpaired) electrons. The molecule has 1 aliphatic carbocycles. The van der Waals surface area contributed by atoms with Crippen molar-refractivity contribution < 1.29 is 21.6 Å². The molecule has 21 heavy (non-hydrogen) atoms. The van der Waals surface area contributed by atoms with Gasteiger partial charge in [-0.05, 0) is 12.8 Å². The summed E-state index contributed by atoms with van der Waals surface area (Å²) in [5.41, 5.74) is 0. The summed E-state index contributed by atoms with van der Waals surface area (Å²) in [6.45, 7) is 0.502. The number of hydrogen-bond donors (Lipinski definition) is 2. The molecular weight excluding hydrogens is 309 g/mol. The normalized spacial score (nSPS) is 16.3. The van der Waals surface area contributed by atoms with Crippen molar-refractivity contribution in [3.05, 3.63) is 12.4 Å². The maximum atomic E-state index is 12.0. The summed E-state index contributed by atoms with van der Waals surface area (Å²) in [5.74, 6) is 0. The van der Waals surface area contributed by atoms with Crippen LogP contribution < -0.4 is 10.0 Å². The number of aromatic nitrogens is 2. The van der Waals surface area contributed by atoms with Crippen LogP contribution in [-0.4, -0.2) is 43.5 Å². The predicted octanol–water partition coefficient (Wildman–Crippen LogP) is 0.866. The van der Waals surface area contributed by atoms with Crippen molar-refractivity contribution in [1.82, 2.24) is 19.8 Å². The molecular formula is C11H17F3N4O2S. The maximum Gasteiger partial charge on any atom is 0.390 e. The Kier molecular flexibility index (Phi) is 4.89. The fourth-order valence-corrected chi connectivity index (χ4v) is 2.67. The van der Waals surface area contributed by atoms with E-state index in [1.54, 1.807) is 0 Å². The van der Waals surface area contributed by atoms with Gasteiger partial charge in [-0.2, -0.15) is 18.3 Å². The Hall–Kier alpha value is -1.13. The second-order valence-corrected chi connectivity index (χ2v) is 6.70. The van der Waals surface area contributed by atoms with E-state index in [2.05, 4.69) is 10.4 Å². The third kappa shape index (κ3) is 5.64. The topological polar surface area (TPSA) is 76.0 Å². The zero-order chi connectivity index (χ0) is 15.5. The van der Waals surface area contributed by atoms with Crippen molar-refractivity contribution in [2.24, 2.45) is 0 Å². The number of alkyl halides is 3. The Labute approximate surface area is 120 Å². The quantitative estimate of drug-likeness (QED) is 0.743. The number of rotatable bonds is 8. The van der Waals surface area contributed by atoms with Crippen molar-refractivity contribution in [3.63, 3.8) is 0 Å². The van der Waals surface area contributed by atoms with Crippen molar-refractivity contribution in [2.75, 3.05) is 13.1 Å². The molecule has 0 spiro atoms. The van der Waals surface area contributed by atoms with Crippen LogP contribution in [-0.2, 0) is 16.6 Å². The van der Waals surface area contributed by atoms with Gasteiger partial charge in [0.15, 0.2) is 0 Å². The zero-order valence-corrected chi connectivity index (χ0v) is 12.0. The highest BCUT2D eigenvalue weighted by molar-refractivity contribution is 7.89. The van der Waals surface area contributed by atoms with Gasteiger partial charge < -0.3 is 5.32 Å². The van der Waals surface area contributed by atoms with E-state index in [-0.39, 0.29) is 4.90 Å². The van der Waals surface area contributed by atoms with E-state index in [4.69, 9.17) is 0 Å². The summed E-state index contributed by atoms with van der Waals surface area (Å²) in [5, 5.41) is 7.14. The molecule has 1 fully saturated rings. The monoisotopic (exact) mass is 326 g/mol. The molecule has 0 aliphatic heterocycles. The molecule has 0 atom stereocenters. The van der Waals surface area contributed by atoms with Crippen molar-refractivity contribution in [1.29, 1.82) is 0 Å². The molecule has 2 rings (SSSR count). The first kappa shape index (κ1) is 16.2. The summed E-state index contributed by atoms with van der Waals surface area (Å²) in [6.07, 6.45) is -0.839. The van der Waals surface area contributed by atoms with Gasteiger partial charge in [-0.1, -0.05) is 0 Å². The van der Waals surface area contributed by atoms with Crippen LogP contribution >= 0.6 is 0 Å². The minimum Gasteiger partial charge on any atom is -0.312 e. The van der Waals surface area contributed by atoms with Crippen LogP contribution in [0.4, 0.5) is 13.2 Å². The van der Waals surface area contributed by atoms with Crippen LogP contribution in [0.25, 0.3) is 0 Å². The lowest BCUT2D eigenvalue weighted by atomic mass is 10.4. The zero-order valence-electron chi connectivity index (χ0n) is 11.2. The number of nitrogens with one attached hydrogen (secondary N) is 2. The van der Waals surface area contributed by atoms with Crippen molar-refractivity contribution in [3.8, 4) is 0 Å². The Balaban J connectivity index is 1.82. The first-order valence-electron chi connectivity index (χ1n) is 6.58. The molecule has 0 bridgehead atoms. The lowest BCUT2D eigenvalue weighted by molar-refractivity contribution is -0.132. The van der Waals surface area contributed by atoms with Gasteiger partial charge in [-0.15, -0.1) is 0 Å². The minimum atomic E-state index is -4.39. The molecule has 6 nitrogen and oxygen atoms in total. The predicted molar refractivity (Wildman–Crippen MR) is 69.1 cm³/mol. The summed E-state index contributed by atoms with van der Waals surface area (Å²) in [7, 11) is -3.94. The summed E-state index contributed by atoms with van der Waals surface area (Å²) >= 11 is 0. The van der Waals surface area contributed by atoms with E-state index in [9.17, 15) is 21.6 Å². The molecule has 2 N–H and O–H groups in total. The van der Waals surface area contributed by atoms with Gasteiger partial charge in [0.1, 0.15) is 4.90 Å². The molecule has 0 saturated heterocycles. The molecule has 1 aliphatic rings. The molecule has 0 aromatic carbocycles. The van der Waals surface area contributed by atoms with E-state index in [0.717, 1.165) is 19.0 Å². The third-order valence-electron chi connectivity index (χ3n) is 2.97. The van der Waals surface area contributed by atoms with Crippen LogP contribution in [0.15, 0.2) is 17.3 Å². The number of hydrogen-bond acceptors (Lipinski definition) is 4. The average Bonchev–Trinajstić information content (AvgIpc) is 3.03. The minimum absolute atomic E-state index is 0.129. The van der Waals surface area contributed by atoms with Gasteiger partial charge >= 0.3 is 6.18 Å². The average molecular weight is 326 g/mol. The van der Waals surface area contributed by atoms with Gasteiger partial charge in [-0.25, -0.2) is 13.1 Å². The van der Waals surface area contributed by atoms with Gasteiger partial charge in [0.25, 0.3) is 0 Å². The molecule has 1 saturated carbocycles. The van der Waals surface area contributed by atoms with Crippen LogP contribution in [0, 0.1) is 0 Å². The van der Waals surface area contributed by atoms with Gasteiger partial charge in [0.05, 0.1) is 19.2 Å². The molecule has 1 aromatic heterocycles. The van der Waals surface area contributed by atoms with Crippen molar-refractivity contribution in [2.45, 2.75) is 42.9 Å². The fourth-order valence-electron chi connectivity index (χ4n) is 1.69. The largest absolute Gasteiger partial charge is 0.390 e. The van der Waals surface area contributed by atoms with E-state index in [1.807, 2.05) is 4.72 Å². The highest BCUT2D eigenvalue weighted by atomic mass is 32.2. The Bertz CT molecular complexity index is 566. The van der Waals surface area contributed by atoms with Crippen molar-refractivity contribution >= 4 is 10.0 Å². The maximum absolute atomic E-state index is 12.0. The second kappa shape index (κ2) is 6.32. The molecule has 1 heterocycles. The first-order chi connectivity index (χ1) is 9.76. The fraction of sp³-hybridized carbons (Fsp3) is 0.727. The lowest BCUT2D eigenvalue weighted by Crippen LogP contribution is -2.28. The SMILES string of the molecule is O=S(=O)(NCCC(F)(F)F)c1cnn(CCNC2CC2)c1. The molecule has 1 aromatic rings. The molecule has 0 unspecified atom stereocenters. The number of nitrogens with zero attached hydrogens (tertiary/aromatic N) is 2. The Morgan fingerprint density at radius 3 is 2.67 bits per heavy atom. The second-order valence-electron chi connectivity index (χ2n) is 4.93. The highest BCUT2D eigenvalue weighted by Gasteiger charge is 2.28. The highest BCUT2D eigenvalue weighted by Crippen LogP contribution is 2.19. The summed E-state index contributed by atoms with van der Waals surface area (Å²) < 4.78 is 62.9.